The zero-order valence-electron chi connectivity index (χ0n) is 16.7. The molecule has 1 fully saturated rings. The van der Waals surface area contributed by atoms with Gasteiger partial charge in [-0.25, -0.2) is 8.42 Å². The summed E-state index contributed by atoms with van der Waals surface area (Å²) in [6, 6.07) is 9.68. The number of carbonyl (C=O) groups excluding carboxylic acids is 1. The van der Waals surface area contributed by atoms with Crippen LogP contribution < -0.4 is 10.0 Å². The molecular formula is C20H27N3O4S2. The first-order valence-electron chi connectivity index (χ1n) is 9.61. The Balaban J connectivity index is 1.60. The first-order valence-corrected chi connectivity index (χ1v) is 12.0. The molecule has 0 radical (unpaired) electrons. The summed E-state index contributed by atoms with van der Waals surface area (Å²) in [4.78, 5) is 14.9. The van der Waals surface area contributed by atoms with E-state index in [0.717, 1.165) is 30.8 Å². The number of thiophene rings is 1. The molecule has 1 aromatic carbocycles. The molecule has 1 amide bonds. The molecule has 0 aliphatic carbocycles. The normalized spacial score (nSPS) is 17.4. The van der Waals surface area contributed by atoms with E-state index >= 15 is 0 Å². The molecule has 0 saturated carbocycles. The molecule has 1 atom stereocenters. The number of morpholine rings is 1. The number of benzene rings is 1. The van der Waals surface area contributed by atoms with Crippen molar-refractivity contribution in [1.82, 2.24) is 10.2 Å². The van der Waals surface area contributed by atoms with Gasteiger partial charge >= 0.3 is 0 Å². The average Bonchev–Trinajstić information content (AvgIpc) is 3.29. The molecule has 1 aromatic heterocycles. The van der Waals surface area contributed by atoms with E-state index in [2.05, 4.69) is 28.8 Å². The van der Waals surface area contributed by atoms with Crippen LogP contribution in [0.2, 0.25) is 0 Å². The molecule has 7 nitrogen and oxygen atoms in total. The summed E-state index contributed by atoms with van der Waals surface area (Å²) in [5.74, 6) is -0.175. The number of nitrogens with zero attached hydrogens (tertiary/aromatic N) is 1. The molecule has 1 unspecified atom stereocenters. The number of nitrogens with one attached hydrogen (secondary N) is 2. The second kappa shape index (κ2) is 9.25. The van der Waals surface area contributed by atoms with Gasteiger partial charge in [0, 0.05) is 36.4 Å². The van der Waals surface area contributed by atoms with Crippen LogP contribution in [0.1, 0.15) is 30.6 Å². The van der Waals surface area contributed by atoms with Crippen LogP contribution in [0.4, 0.5) is 5.69 Å². The van der Waals surface area contributed by atoms with E-state index in [9.17, 15) is 13.2 Å². The maximum Gasteiger partial charge on any atom is 0.271 e. The minimum absolute atomic E-state index is 0.129. The highest BCUT2D eigenvalue weighted by Gasteiger charge is 2.31. The third-order valence-electron chi connectivity index (χ3n) is 5.33. The average molecular weight is 438 g/mol. The summed E-state index contributed by atoms with van der Waals surface area (Å²) in [5, 5.41) is 4.73. The minimum atomic E-state index is -3.60. The van der Waals surface area contributed by atoms with Crippen LogP contribution in [0, 0.1) is 0 Å². The van der Waals surface area contributed by atoms with Crippen molar-refractivity contribution in [3.63, 3.8) is 0 Å². The summed E-state index contributed by atoms with van der Waals surface area (Å²) in [6.07, 6.45) is 0.913. The lowest BCUT2D eigenvalue weighted by atomic mass is 9.95. The van der Waals surface area contributed by atoms with E-state index in [-0.39, 0.29) is 15.7 Å². The number of hydrogen-bond acceptors (Lipinski definition) is 6. The van der Waals surface area contributed by atoms with E-state index in [1.54, 1.807) is 41.8 Å². The molecule has 29 heavy (non-hydrogen) atoms. The van der Waals surface area contributed by atoms with Gasteiger partial charge in [0.25, 0.3) is 15.9 Å². The number of amides is 1. The van der Waals surface area contributed by atoms with Gasteiger partial charge in [0.1, 0.15) is 4.21 Å². The van der Waals surface area contributed by atoms with Crippen molar-refractivity contribution in [2.75, 3.05) is 37.6 Å². The van der Waals surface area contributed by atoms with Gasteiger partial charge in [0.2, 0.25) is 0 Å². The lowest BCUT2D eigenvalue weighted by molar-refractivity contribution is -0.0169. The van der Waals surface area contributed by atoms with Gasteiger partial charge in [-0.3, -0.25) is 14.4 Å². The van der Waals surface area contributed by atoms with Crippen molar-refractivity contribution < 1.29 is 17.9 Å². The fraction of sp³-hybridized carbons (Fsp3) is 0.450. The van der Waals surface area contributed by atoms with Gasteiger partial charge in [-0.1, -0.05) is 13.0 Å². The van der Waals surface area contributed by atoms with Crippen LogP contribution in [0.3, 0.4) is 0 Å². The quantitative estimate of drug-likeness (QED) is 0.663. The first kappa shape index (κ1) is 21.8. The Bertz CT molecular complexity index is 908. The molecule has 0 bridgehead atoms. The Morgan fingerprint density at radius 2 is 1.90 bits per heavy atom. The zero-order valence-corrected chi connectivity index (χ0v) is 18.3. The summed E-state index contributed by atoms with van der Waals surface area (Å²) in [7, 11) is -3.60. The molecule has 3 rings (SSSR count). The van der Waals surface area contributed by atoms with E-state index in [1.165, 1.54) is 0 Å². The van der Waals surface area contributed by atoms with E-state index in [4.69, 9.17) is 4.74 Å². The highest BCUT2D eigenvalue weighted by Crippen LogP contribution is 2.22. The maximum absolute atomic E-state index is 12.6. The predicted octanol–water partition coefficient (Wildman–Crippen LogP) is 2.78. The van der Waals surface area contributed by atoms with Crippen molar-refractivity contribution in [3.05, 3.63) is 47.3 Å². The van der Waals surface area contributed by atoms with Crippen LogP contribution in [0.15, 0.2) is 46.0 Å². The predicted molar refractivity (Wildman–Crippen MR) is 115 cm³/mol. The highest BCUT2D eigenvalue weighted by atomic mass is 32.2. The molecular weight excluding hydrogens is 410 g/mol. The molecule has 158 valence electrons. The van der Waals surface area contributed by atoms with Crippen molar-refractivity contribution in [2.24, 2.45) is 0 Å². The highest BCUT2D eigenvalue weighted by molar-refractivity contribution is 7.94. The third kappa shape index (κ3) is 5.36. The number of anilines is 1. The van der Waals surface area contributed by atoms with Crippen molar-refractivity contribution in [3.8, 4) is 0 Å². The first-order chi connectivity index (χ1) is 13.8. The fourth-order valence-corrected chi connectivity index (χ4v) is 5.30. The monoisotopic (exact) mass is 437 g/mol. The molecule has 1 aliphatic rings. The number of rotatable bonds is 8. The summed E-state index contributed by atoms with van der Waals surface area (Å²) >= 11 is 1.15. The maximum atomic E-state index is 12.6. The lowest BCUT2D eigenvalue weighted by Gasteiger charge is -2.43. The number of hydrogen-bond donors (Lipinski definition) is 2. The molecule has 9 heteroatoms. The SMILES string of the molecule is CCC(C)(CNC(=O)c1ccc(NS(=O)(=O)c2cccs2)cc1)N1CCOCC1. The molecule has 0 spiro atoms. The minimum Gasteiger partial charge on any atom is -0.379 e. The second-order valence-electron chi connectivity index (χ2n) is 7.25. The topological polar surface area (TPSA) is 87.7 Å². The Hall–Kier alpha value is -1.94. The molecule has 1 saturated heterocycles. The second-order valence-corrected chi connectivity index (χ2v) is 10.1. The molecule has 1 aliphatic heterocycles. The largest absolute Gasteiger partial charge is 0.379 e. The summed E-state index contributed by atoms with van der Waals surface area (Å²) in [5.41, 5.74) is 0.779. The van der Waals surface area contributed by atoms with Crippen molar-refractivity contribution in [2.45, 2.75) is 30.0 Å². The molecule has 2 aromatic rings. The van der Waals surface area contributed by atoms with E-state index in [1.807, 2.05) is 0 Å². The third-order valence-corrected chi connectivity index (χ3v) is 8.10. The lowest BCUT2D eigenvalue weighted by Crippen LogP contribution is -2.56. The molecule has 2 N–H and O–H groups in total. The van der Waals surface area contributed by atoms with E-state index < -0.39 is 10.0 Å². The Morgan fingerprint density at radius 1 is 1.21 bits per heavy atom. The van der Waals surface area contributed by atoms with Gasteiger partial charge in [0.15, 0.2) is 0 Å². The van der Waals surface area contributed by atoms with Gasteiger partial charge in [-0.2, -0.15) is 0 Å². The van der Waals surface area contributed by atoms with Crippen LogP contribution >= 0.6 is 11.3 Å². The number of carbonyl (C=O) groups is 1. The van der Waals surface area contributed by atoms with Crippen molar-refractivity contribution in [1.29, 1.82) is 0 Å². The van der Waals surface area contributed by atoms with Crippen LogP contribution in [0.5, 0.6) is 0 Å². The Morgan fingerprint density at radius 3 is 2.48 bits per heavy atom. The fourth-order valence-electron chi connectivity index (χ4n) is 3.25. The van der Waals surface area contributed by atoms with Gasteiger partial charge in [-0.05, 0) is 49.1 Å². The number of sulfonamides is 1. The van der Waals surface area contributed by atoms with Crippen LogP contribution in [-0.2, 0) is 14.8 Å². The standard InChI is InChI=1S/C20H27N3O4S2/c1-3-20(2,23-10-12-27-13-11-23)15-21-19(24)16-6-8-17(9-7-16)22-29(25,26)18-5-4-14-28-18/h4-9,14,22H,3,10-13,15H2,1-2H3,(H,21,24). The zero-order chi connectivity index (χ0) is 20.9. The van der Waals surface area contributed by atoms with Gasteiger partial charge in [-0.15, -0.1) is 11.3 Å². The Kier molecular flexibility index (Phi) is 6.94. The smallest absolute Gasteiger partial charge is 0.271 e. The van der Waals surface area contributed by atoms with E-state index in [0.29, 0.717) is 31.0 Å². The van der Waals surface area contributed by atoms with Gasteiger partial charge in [0.05, 0.1) is 13.2 Å². The number of ether oxygens (including phenoxy) is 1. The van der Waals surface area contributed by atoms with Crippen LogP contribution in [-0.4, -0.2) is 57.6 Å². The molecule has 2 heterocycles. The van der Waals surface area contributed by atoms with Crippen molar-refractivity contribution >= 4 is 33.0 Å². The summed E-state index contributed by atoms with van der Waals surface area (Å²) in [6.45, 7) is 7.96. The van der Waals surface area contributed by atoms with Gasteiger partial charge < -0.3 is 10.1 Å². The van der Waals surface area contributed by atoms with Crippen LogP contribution in [0.25, 0.3) is 0 Å². The summed E-state index contributed by atoms with van der Waals surface area (Å²) < 4.78 is 32.8. The Labute approximate surface area is 176 Å².